The summed E-state index contributed by atoms with van der Waals surface area (Å²) in [5.74, 6) is 0.788. The molecule has 0 bridgehead atoms. The van der Waals surface area contributed by atoms with Crippen molar-refractivity contribution in [1.29, 1.82) is 5.41 Å². The van der Waals surface area contributed by atoms with Crippen molar-refractivity contribution in [3.05, 3.63) is 59.4 Å². The number of thioether (sulfide) groups is 1. The molecule has 0 fully saturated rings. The molecule has 3 nitrogen and oxygen atoms in total. The first-order valence-corrected chi connectivity index (χ1v) is 6.99. The van der Waals surface area contributed by atoms with E-state index < -0.39 is 0 Å². The number of methoxy groups -OCH3 is 1. The van der Waals surface area contributed by atoms with Gasteiger partial charge in [0.2, 0.25) is 0 Å². The van der Waals surface area contributed by atoms with Crippen molar-refractivity contribution in [1.82, 2.24) is 0 Å². The van der Waals surface area contributed by atoms with Crippen molar-refractivity contribution < 1.29 is 9.13 Å². The third-order valence-corrected chi connectivity index (χ3v) is 3.92. The Morgan fingerprint density at radius 3 is 2.70 bits per heavy atom. The van der Waals surface area contributed by atoms with Gasteiger partial charge in [-0.05, 0) is 23.8 Å². The molecule has 0 aliphatic carbocycles. The quantitative estimate of drug-likeness (QED) is 0.504. The smallest absolute Gasteiger partial charge is 0.132 e. The lowest BCUT2D eigenvalue weighted by Gasteiger charge is -2.09. The monoisotopic (exact) mass is 290 g/mol. The van der Waals surface area contributed by atoms with E-state index in [2.05, 4.69) is 0 Å². The van der Waals surface area contributed by atoms with Crippen LogP contribution in [0.1, 0.15) is 11.1 Å². The average molecular weight is 290 g/mol. The van der Waals surface area contributed by atoms with E-state index in [1.807, 2.05) is 24.3 Å². The molecule has 0 aliphatic heterocycles. The van der Waals surface area contributed by atoms with Crippen LogP contribution < -0.4 is 10.5 Å². The van der Waals surface area contributed by atoms with Gasteiger partial charge in [-0.1, -0.05) is 24.3 Å². The van der Waals surface area contributed by atoms with Crippen molar-refractivity contribution in [2.45, 2.75) is 10.6 Å². The maximum absolute atomic E-state index is 13.9. The van der Waals surface area contributed by atoms with E-state index in [1.54, 1.807) is 19.2 Å². The van der Waals surface area contributed by atoms with Crippen LogP contribution in [0.25, 0.3) is 0 Å². The fourth-order valence-corrected chi connectivity index (χ4v) is 2.74. The number of benzene rings is 2. The zero-order chi connectivity index (χ0) is 14.5. The number of nitrogens with one attached hydrogen (secondary N) is 1. The maximum atomic E-state index is 13.9. The highest BCUT2D eigenvalue weighted by Crippen LogP contribution is 2.31. The lowest BCUT2D eigenvalue weighted by Crippen LogP contribution is -2.11. The summed E-state index contributed by atoms with van der Waals surface area (Å²) in [7, 11) is 1.61. The summed E-state index contributed by atoms with van der Waals surface area (Å²) in [5, 5.41) is 7.28. The van der Waals surface area contributed by atoms with Crippen molar-refractivity contribution in [2.75, 3.05) is 7.11 Å². The minimum Gasteiger partial charge on any atom is -0.496 e. The molecule has 20 heavy (non-hydrogen) atoms. The van der Waals surface area contributed by atoms with Crippen LogP contribution in [-0.2, 0) is 5.75 Å². The molecule has 0 heterocycles. The van der Waals surface area contributed by atoms with Crippen LogP contribution in [0.2, 0.25) is 0 Å². The van der Waals surface area contributed by atoms with E-state index >= 15 is 0 Å². The Labute approximate surface area is 121 Å². The first-order chi connectivity index (χ1) is 9.61. The molecule has 0 radical (unpaired) electrons. The maximum Gasteiger partial charge on any atom is 0.132 e. The van der Waals surface area contributed by atoms with Crippen molar-refractivity contribution in [3.63, 3.8) is 0 Å². The molecule has 0 saturated carbocycles. The summed E-state index contributed by atoms with van der Waals surface area (Å²) in [6.45, 7) is 0. The molecule has 0 unspecified atom stereocenters. The topological polar surface area (TPSA) is 59.1 Å². The second-order valence-electron chi connectivity index (χ2n) is 4.16. The molecule has 104 valence electrons. The van der Waals surface area contributed by atoms with Gasteiger partial charge < -0.3 is 10.5 Å². The largest absolute Gasteiger partial charge is 0.496 e. The van der Waals surface area contributed by atoms with Gasteiger partial charge in [0.25, 0.3) is 0 Å². The number of nitrogen functional groups attached to an aromatic ring is 1. The predicted molar refractivity (Wildman–Crippen MR) is 80.0 cm³/mol. The summed E-state index contributed by atoms with van der Waals surface area (Å²) in [6, 6.07) is 12.2. The van der Waals surface area contributed by atoms with Crippen LogP contribution in [-0.4, -0.2) is 12.9 Å². The van der Waals surface area contributed by atoms with Crippen molar-refractivity contribution in [3.8, 4) is 5.75 Å². The van der Waals surface area contributed by atoms with Crippen LogP contribution in [0.5, 0.6) is 5.75 Å². The first kappa shape index (κ1) is 14.4. The van der Waals surface area contributed by atoms with Gasteiger partial charge in [0.15, 0.2) is 0 Å². The van der Waals surface area contributed by atoms with Crippen LogP contribution in [0.3, 0.4) is 0 Å². The number of nitrogens with two attached hydrogens (primary N) is 1. The predicted octanol–water partition coefficient (Wildman–Crippen LogP) is 3.41. The third kappa shape index (κ3) is 3.30. The van der Waals surface area contributed by atoms with E-state index in [1.165, 1.54) is 17.8 Å². The Morgan fingerprint density at radius 2 is 2.05 bits per heavy atom. The number of halogens is 1. The van der Waals surface area contributed by atoms with Gasteiger partial charge in [0.1, 0.15) is 17.4 Å². The molecule has 0 spiro atoms. The van der Waals surface area contributed by atoms with E-state index in [-0.39, 0.29) is 11.7 Å². The number of amidine groups is 1. The summed E-state index contributed by atoms with van der Waals surface area (Å²) in [5.41, 5.74) is 6.30. The highest BCUT2D eigenvalue weighted by molar-refractivity contribution is 7.98. The summed E-state index contributed by atoms with van der Waals surface area (Å²) >= 11 is 1.50. The van der Waals surface area contributed by atoms with E-state index in [9.17, 15) is 4.39 Å². The first-order valence-electron chi connectivity index (χ1n) is 6.00. The Kier molecular flexibility index (Phi) is 4.63. The minimum absolute atomic E-state index is 0.132. The Bertz CT molecular complexity index is 631. The lowest BCUT2D eigenvalue weighted by molar-refractivity contribution is 0.405. The standard InChI is InChI=1S/C15H15FN2OS/c1-19-13-4-2-3-5-14(13)20-9-11-7-6-10(15(17)18)8-12(11)16/h2-8H,9H2,1H3,(H3,17,18). The molecule has 2 aromatic carbocycles. The molecule has 5 heteroatoms. The van der Waals surface area contributed by atoms with E-state index in [0.29, 0.717) is 16.9 Å². The Morgan fingerprint density at radius 1 is 1.30 bits per heavy atom. The number of para-hydroxylation sites is 1. The van der Waals surface area contributed by atoms with Gasteiger partial charge in [-0.25, -0.2) is 4.39 Å². The van der Waals surface area contributed by atoms with Crippen molar-refractivity contribution >= 4 is 17.6 Å². The molecule has 2 rings (SSSR count). The minimum atomic E-state index is -0.347. The lowest BCUT2D eigenvalue weighted by atomic mass is 10.1. The number of hydrogen-bond acceptors (Lipinski definition) is 3. The van der Waals surface area contributed by atoms with Crippen molar-refractivity contribution in [2.24, 2.45) is 5.73 Å². The normalized spacial score (nSPS) is 10.3. The van der Waals surface area contributed by atoms with Gasteiger partial charge in [0.05, 0.1) is 7.11 Å². The number of rotatable bonds is 5. The zero-order valence-corrected chi connectivity index (χ0v) is 11.8. The second-order valence-corrected chi connectivity index (χ2v) is 5.18. The zero-order valence-electron chi connectivity index (χ0n) is 11.0. The average Bonchev–Trinajstić information content (AvgIpc) is 2.46. The van der Waals surface area contributed by atoms with Crippen LogP contribution in [0, 0.1) is 11.2 Å². The molecule has 0 atom stereocenters. The molecular weight excluding hydrogens is 275 g/mol. The molecule has 3 N–H and O–H groups in total. The number of ether oxygens (including phenoxy) is 1. The van der Waals surface area contributed by atoms with Crippen LogP contribution in [0.15, 0.2) is 47.4 Å². The SMILES string of the molecule is COc1ccccc1SCc1ccc(C(=N)N)cc1F. The molecule has 0 aromatic heterocycles. The third-order valence-electron chi connectivity index (χ3n) is 2.82. The van der Waals surface area contributed by atoms with Crippen LogP contribution >= 0.6 is 11.8 Å². The second kappa shape index (κ2) is 6.43. The molecule has 0 amide bonds. The molecule has 2 aromatic rings. The highest BCUT2D eigenvalue weighted by atomic mass is 32.2. The highest BCUT2D eigenvalue weighted by Gasteiger charge is 2.08. The van der Waals surface area contributed by atoms with E-state index in [0.717, 1.165) is 10.6 Å². The molecule has 0 aliphatic rings. The summed E-state index contributed by atoms with van der Waals surface area (Å²) in [4.78, 5) is 0.963. The number of hydrogen-bond donors (Lipinski definition) is 2. The van der Waals surface area contributed by atoms with E-state index in [4.69, 9.17) is 15.9 Å². The van der Waals surface area contributed by atoms with Gasteiger partial charge in [-0.3, -0.25) is 5.41 Å². The van der Waals surface area contributed by atoms with Gasteiger partial charge in [-0.2, -0.15) is 0 Å². The van der Waals surface area contributed by atoms with Gasteiger partial charge in [-0.15, -0.1) is 11.8 Å². The Hall–Kier alpha value is -2.01. The summed E-state index contributed by atoms with van der Waals surface area (Å²) in [6.07, 6.45) is 0. The Balaban J connectivity index is 2.13. The fourth-order valence-electron chi connectivity index (χ4n) is 1.73. The summed E-state index contributed by atoms with van der Waals surface area (Å²) < 4.78 is 19.2. The van der Waals surface area contributed by atoms with Gasteiger partial charge in [0, 0.05) is 16.2 Å². The molecular formula is C15H15FN2OS. The van der Waals surface area contributed by atoms with Gasteiger partial charge >= 0.3 is 0 Å². The fraction of sp³-hybridized carbons (Fsp3) is 0.133. The van der Waals surface area contributed by atoms with Crippen LogP contribution in [0.4, 0.5) is 4.39 Å². The molecule has 0 saturated heterocycles.